The highest BCUT2D eigenvalue weighted by Crippen LogP contribution is 2.18. The number of hydrogen-bond acceptors (Lipinski definition) is 3. The summed E-state index contributed by atoms with van der Waals surface area (Å²) in [6.07, 6.45) is -0.886. The van der Waals surface area contributed by atoms with E-state index in [-0.39, 0.29) is 0 Å². The van der Waals surface area contributed by atoms with Crippen molar-refractivity contribution in [3.8, 4) is 5.75 Å². The normalized spacial score (nSPS) is 9.89. The summed E-state index contributed by atoms with van der Waals surface area (Å²) in [5.41, 5.74) is 0.330. The first-order chi connectivity index (χ1) is 8.66. The van der Waals surface area contributed by atoms with Crippen molar-refractivity contribution in [2.75, 3.05) is 5.06 Å². The van der Waals surface area contributed by atoms with Crippen molar-refractivity contribution < 1.29 is 14.7 Å². The van der Waals surface area contributed by atoms with Crippen molar-refractivity contribution in [2.45, 2.75) is 0 Å². The van der Waals surface area contributed by atoms with E-state index in [1.54, 1.807) is 54.6 Å². The molecule has 2 aromatic carbocycles. The van der Waals surface area contributed by atoms with Gasteiger partial charge in [-0.25, -0.2) is 4.79 Å². The zero-order valence-corrected chi connectivity index (χ0v) is 10.0. The SMILES string of the molecule is O=C(Oc1ccc(Cl)cc1)N(O)c1ccccc1. The quantitative estimate of drug-likeness (QED) is 0.663. The molecule has 2 aromatic rings. The molecule has 0 unspecified atom stereocenters. The van der Waals surface area contributed by atoms with Gasteiger partial charge in [0.2, 0.25) is 0 Å². The van der Waals surface area contributed by atoms with Crippen LogP contribution in [-0.2, 0) is 0 Å². The van der Waals surface area contributed by atoms with E-state index in [2.05, 4.69) is 0 Å². The highest BCUT2D eigenvalue weighted by Gasteiger charge is 2.15. The van der Waals surface area contributed by atoms with Gasteiger partial charge in [0.25, 0.3) is 0 Å². The molecular formula is C13H10ClNO3. The van der Waals surface area contributed by atoms with Crippen LogP contribution in [-0.4, -0.2) is 11.3 Å². The molecular weight excluding hydrogens is 254 g/mol. The van der Waals surface area contributed by atoms with E-state index < -0.39 is 6.09 Å². The van der Waals surface area contributed by atoms with E-state index in [0.29, 0.717) is 21.5 Å². The third-order valence-corrected chi connectivity index (χ3v) is 2.44. The summed E-state index contributed by atoms with van der Waals surface area (Å²) in [5.74, 6) is 0.305. The number of hydrogen-bond donors (Lipinski definition) is 1. The number of amides is 1. The number of anilines is 1. The molecule has 0 aliphatic carbocycles. The Morgan fingerprint density at radius 2 is 1.67 bits per heavy atom. The maximum Gasteiger partial charge on any atom is 0.444 e. The monoisotopic (exact) mass is 263 g/mol. The number of carbonyl (C=O) groups excluding carboxylic acids is 1. The molecule has 2 rings (SSSR count). The van der Waals surface area contributed by atoms with Gasteiger partial charge in [-0.2, -0.15) is 5.06 Å². The van der Waals surface area contributed by atoms with Crippen molar-refractivity contribution >= 4 is 23.4 Å². The second kappa shape index (κ2) is 5.53. The Labute approximate surface area is 109 Å². The van der Waals surface area contributed by atoms with Crippen LogP contribution in [0.15, 0.2) is 54.6 Å². The van der Waals surface area contributed by atoms with E-state index in [1.807, 2.05) is 0 Å². The Morgan fingerprint density at radius 1 is 1.06 bits per heavy atom. The highest BCUT2D eigenvalue weighted by molar-refractivity contribution is 6.30. The molecule has 0 aliphatic heterocycles. The van der Waals surface area contributed by atoms with Crippen LogP contribution in [0.5, 0.6) is 5.75 Å². The number of nitrogens with zero attached hydrogens (tertiary/aromatic N) is 1. The summed E-state index contributed by atoms with van der Waals surface area (Å²) in [5, 5.41) is 10.6. The fraction of sp³-hybridized carbons (Fsp3) is 0. The Kier molecular flexibility index (Phi) is 3.82. The maximum atomic E-state index is 11.6. The van der Waals surface area contributed by atoms with Crippen LogP contribution in [0.4, 0.5) is 10.5 Å². The Balaban J connectivity index is 2.06. The lowest BCUT2D eigenvalue weighted by Crippen LogP contribution is -2.29. The molecule has 0 aromatic heterocycles. The van der Waals surface area contributed by atoms with Crippen molar-refractivity contribution in [3.05, 3.63) is 59.6 Å². The lowest BCUT2D eigenvalue weighted by molar-refractivity contribution is 0.166. The summed E-state index contributed by atoms with van der Waals surface area (Å²) < 4.78 is 4.96. The Hall–Kier alpha value is -2.04. The lowest BCUT2D eigenvalue weighted by atomic mass is 10.3. The Morgan fingerprint density at radius 3 is 2.28 bits per heavy atom. The summed E-state index contributed by atoms with van der Waals surface area (Å²) in [6.45, 7) is 0. The van der Waals surface area contributed by atoms with Gasteiger partial charge in [-0.05, 0) is 36.4 Å². The van der Waals surface area contributed by atoms with Gasteiger partial charge in [0, 0.05) is 5.02 Å². The number of para-hydroxylation sites is 1. The van der Waals surface area contributed by atoms with Crippen molar-refractivity contribution in [3.63, 3.8) is 0 Å². The van der Waals surface area contributed by atoms with Gasteiger partial charge in [0.1, 0.15) is 5.75 Å². The number of rotatable bonds is 2. The minimum atomic E-state index is -0.886. The predicted octanol–water partition coefficient (Wildman–Crippen LogP) is 3.73. The first kappa shape index (κ1) is 12.4. The molecule has 92 valence electrons. The average molecular weight is 264 g/mol. The van der Waals surface area contributed by atoms with Gasteiger partial charge in [0.05, 0.1) is 5.69 Å². The molecule has 0 radical (unpaired) electrons. The minimum Gasteiger partial charge on any atom is -0.408 e. The lowest BCUT2D eigenvalue weighted by Gasteiger charge is -2.14. The van der Waals surface area contributed by atoms with Crippen LogP contribution in [0, 0.1) is 0 Å². The van der Waals surface area contributed by atoms with Crippen LogP contribution in [0.25, 0.3) is 0 Å². The molecule has 1 N–H and O–H groups in total. The Bertz CT molecular complexity index is 528. The summed E-state index contributed by atoms with van der Waals surface area (Å²) in [6, 6.07) is 14.6. The molecule has 4 nitrogen and oxygen atoms in total. The van der Waals surface area contributed by atoms with Crippen LogP contribution in [0.1, 0.15) is 0 Å². The van der Waals surface area contributed by atoms with Gasteiger partial charge in [0.15, 0.2) is 0 Å². The third-order valence-electron chi connectivity index (χ3n) is 2.19. The topological polar surface area (TPSA) is 49.8 Å². The first-order valence-electron chi connectivity index (χ1n) is 5.18. The smallest absolute Gasteiger partial charge is 0.408 e. The summed E-state index contributed by atoms with van der Waals surface area (Å²) in [4.78, 5) is 11.6. The minimum absolute atomic E-state index is 0.305. The molecule has 0 spiro atoms. The predicted molar refractivity (Wildman–Crippen MR) is 68.2 cm³/mol. The molecule has 0 saturated heterocycles. The zero-order chi connectivity index (χ0) is 13.0. The van der Waals surface area contributed by atoms with Gasteiger partial charge in [-0.15, -0.1) is 0 Å². The van der Waals surface area contributed by atoms with E-state index >= 15 is 0 Å². The van der Waals surface area contributed by atoms with Crippen LogP contribution in [0.2, 0.25) is 5.02 Å². The average Bonchev–Trinajstić information content (AvgIpc) is 2.41. The molecule has 0 atom stereocenters. The third kappa shape index (κ3) is 3.00. The van der Waals surface area contributed by atoms with E-state index in [4.69, 9.17) is 16.3 Å². The fourth-order valence-corrected chi connectivity index (χ4v) is 1.45. The second-order valence-corrected chi connectivity index (χ2v) is 3.91. The van der Waals surface area contributed by atoms with Crippen LogP contribution in [0.3, 0.4) is 0 Å². The second-order valence-electron chi connectivity index (χ2n) is 3.47. The maximum absolute atomic E-state index is 11.6. The van der Waals surface area contributed by atoms with Gasteiger partial charge in [-0.3, -0.25) is 5.21 Å². The molecule has 0 aliphatic rings. The van der Waals surface area contributed by atoms with E-state index in [9.17, 15) is 10.0 Å². The van der Waals surface area contributed by atoms with Crippen molar-refractivity contribution in [1.82, 2.24) is 0 Å². The number of carbonyl (C=O) groups is 1. The molecule has 0 bridgehead atoms. The van der Waals surface area contributed by atoms with Crippen molar-refractivity contribution in [1.29, 1.82) is 0 Å². The zero-order valence-electron chi connectivity index (χ0n) is 9.29. The highest BCUT2D eigenvalue weighted by atomic mass is 35.5. The number of hydroxylamine groups is 1. The van der Waals surface area contributed by atoms with Crippen molar-refractivity contribution in [2.24, 2.45) is 0 Å². The van der Waals surface area contributed by atoms with Crippen LogP contribution < -0.4 is 9.80 Å². The first-order valence-corrected chi connectivity index (χ1v) is 5.56. The van der Waals surface area contributed by atoms with Gasteiger partial charge >= 0.3 is 6.09 Å². The molecule has 0 heterocycles. The van der Waals surface area contributed by atoms with Gasteiger partial charge in [-0.1, -0.05) is 29.8 Å². The molecule has 0 fully saturated rings. The summed E-state index contributed by atoms with van der Waals surface area (Å²) in [7, 11) is 0. The molecule has 0 saturated carbocycles. The summed E-state index contributed by atoms with van der Waals surface area (Å²) >= 11 is 5.71. The standard InChI is InChI=1S/C13H10ClNO3/c14-10-6-8-12(9-7-10)18-13(16)15(17)11-4-2-1-3-5-11/h1-9,17H. The molecule has 5 heteroatoms. The van der Waals surface area contributed by atoms with Crippen LogP contribution >= 0.6 is 11.6 Å². The number of halogens is 1. The fourth-order valence-electron chi connectivity index (χ4n) is 1.32. The number of benzene rings is 2. The van der Waals surface area contributed by atoms with E-state index in [1.165, 1.54) is 0 Å². The molecule has 1 amide bonds. The molecule has 18 heavy (non-hydrogen) atoms. The number of ether oxygens (including phenoxy) is 1. The van der Waals surface area contributed by atoms with Gasteiger partial charge < -0.3 is 4.74 Å². The largest absolute Gasteiger partial charge is 0.444 e. The van der Waals surface area contributed by atoms with E-state index in [0.717, 1.165) is 0 Å².